The third-order valence-corrected chi connectivity index (χ3v) is 5.26. The van der Waals surface area contributed by atoms with E-state index < -0.39 is 0 Å². The van der Waals surface area contributed by atoms with Crippen molar-refractivity contribution in [3.8, 4) is 0 Å². The van der Waals surface area contributed by atoms with Crippen molar-refractivity contribution in [3.63, 3.8) is 0 Å². The van der Waals surface area contributed by atoms with Gasteiger partial charge in [0.25, 0.3) is 0 Å². The number of carbonyl (C=O) groups is 1. The topological polar surface area (TPSA) is 57.5 Å². The molecular formula is C16H24N6OS. The largest absolute Gasteiger partial charge is 0.334 e. The van der Waals surface area contributed by atoms with E-state index in [1.54, 1.807) is 18.1 Å². The Morgan fingerprint density at radius 1 is 1.21 bits per heavy atom. The van der Waals surface area contributed by atoms with E-state index in [9.17, 15) is 4.79 Å². The van der Waals surface area contributed by atoms with Gasteiger partial charge in [-0.05, 0) is 6.92 Å². The number of hydrogen-bond donors (Lipinski definition) is 0. The van der Waals surface area contributed by atoms with Crippen LogP contribution in [0.4, 0.5) is 5.13 Å². The number of hydrogen-bond acceptors (Lipinski definition) is 6. The molecule has 130 valence electrons. The highest BCUT2D eigenvalue weighted by Crippen LogP contribution is 2.16. The Kier molecular flexibility index (Phi) is 5.60. The van der Waals surface area contributed by atoms with Crippen molar-refractivity contribution in [2.75, 3.05) is 44.7 Å². The number of rotatable bonds is 6. The molecule has 0 aliphatic carbocycles. The van der Waals surface area contributed by atoms with Crippen LogP contribution in [0.3, 0.4) is 0 Å². The van der Waals surface area contributed by atoms with Gasteiger partial charge in [-0.2, -0.15) is 0 Å². The smallest absolute Gasteiger partial charge is 0.242 e. The minimum absolute atomic E-state index is 0.0972. The van der Waals surface area contributed by atoms with Gasteiger partial charge in [-0.15, -0.1) is 11.3 Å². The standard InChI is InChI=1S/C16H24N6OS/c1-3-22-6-4-17-14(22)12-20-7-9-21(10-8-20)13-15(23)19(2)16-18-5-11-24-16/h4-6,11H,3,7-10,12-13H2,1-2H3. The molecule has 3 heterocycles. The summed E-state index contributed by atoms with van der Waals surface area (Å²) in [5, 5.41) is 2.64. The summed E-state index contributed by atoms with van der Waals surface area (Å²) in [6, 6.07) is 0. The predicted molar refractivity (Wildman–Crippen MR) is 95.1 cm³/mol. The average molecular weight is 348 g/mol. The first-order chi connectivity index (χ1) is 11.7. The highest BCUT2D eigenvalue weighted by Gasteiger charge is 2.22. The third kappa shape index (κ3) is 4.00. The second-order valence-electron chi connectivity index (χ2n) is 5.95. The molecule has 24 heavy (non-hydrogen) atoms. The summed E-state index contributed by atoms with van der Waals surface area (Å²) < 4.78 is 2.18. The maximum atomic E-state index is 12.4. The van der Waals surface area contributed by atoms with E-state index >= 15 is 0 Å². The van der Waals surface area contributed by atoms with Crippen LogP contribution in [0.1, 0.15) is 12.7 Å². The fourth-order valence-electron chi connectivity index (χ4n) is 2.87. The third-order valence-electron chi connectivity index (χ3n) is 4.41. The zero-order valence-corrected chi connectivity index (χ0v) is 15.1. The highest BCUT2D eigenvalue weighted by molar-refractivity contribution is 7.13. The number of aromatic nitrogens is 3. The summed E-state index contributed by atoms with van der Waals surface area (Å²) >= 11 is 1.49. The average Bonchev–Trinajstić information content (AvgIpc) is 3.27. The summed E-state index contributed by atoms with van der Waals surface area (Å²) in [6.45, 7) is 8.15. The molecule has 2 aromatic rings. The molecule has 1 aliphatic heterocycles. The zero-order valence-electron chi connectivity index (χ0n) is 14.3. The van der Waals surface area contributed by atoms with Gasteiger partial charge in [0.2, 0.25) is 5.91 Å². The molecular weight excluding hydrogens is 324 g/mol. The number of anilines is 1. The molecule has 1 fully saturated rings. The molecule has 0 saturated carbocycles. The van der Waals surface area contributed by atoms with Crippen molar-refractivity contribution < 1.29 is 4.79 Å². The molecule has 7 nitrogen and oxygen atoms in total. The molecule has 0 spiro atoms. The summed E-state index contributed by atoms with van der Waals surface area (Å²) in [4.78, 5) is 27.3. The van der Waals surface area contributed by atoms with Gasteiger partial charge in [-0.1, -0.05) is 0 Å². The van der Waals surface area contributed by atoms with Gasteiger partial charge in [0, 0.05) is 63.7 Å². The maximum absolute atomic E-state index is 12.4. The fraction of sp³-hybridized carbons (Fsp3) is 0.562. The van der Waals surface area contributed by atoms with Crippen LogP contribution in [0.15, 0.2) is 24.0 Å². The first-order valence-corrected chi connectivity index (χ1v) is 9.16. The van der Waals surface area contributed by atoms with Gasteiger partial charge < -0.3 is 4.57 Å². The number of likely N-dealkylation sites (N-methyl/N-ethyl adjacent to an activating group) is 1. The molecule has 0 unspecified atom stereocenters. The van der Waals surface area contributed by atoms with E-state index in [2.05, 4.69) is 31.3 Å². The lowest BCUT2D eigenvalue weighted by Gasteiger charge is -2.34. The predicted octanol–water partition coefficient (Wildman–Crippen LogP) is 1.14. The SMILES string of the molecule is CCn1ccnc1CN1CCN(CC(=O)N(C)c2nccs2)CC1. The number of imidazole rings is 1. The maximum Gasteiger partial charge on any atom is 0.242 e. The van der Waals surface area contributed by atoms with Gasteiger partial charge >= 0.3 is 0 Å². The van der Waals surface area contributed by atoms with Crippen LogP contribution in [-0.4, -0.2) is 70.0 Å². The molecule has 1 saturated heterocycles. The molecule has 2 aromatic heterocycles. The van der Waals surface area contributed by atoms with Gasteiger partial charge in [0.05, 0.1) is 13.1 Å². The normalized spacial score (nSPS) is 16.4. The van der Waals surface area contributed by atoms with E-state index in [-0.39, 0.29) is 5.91 Å². The van der Waals surface area contributed by atoms with Crippen molar-refractivity contribution in [2.45, 2.75) is 20.0 Å². The first-order valence-electron chi connectivity index (χ1n) is 8.28. The number of amides is 1. The summed E-state index contributed by atoms with van der Waals surface area (Å²) in [7, 11) is 1.79. The molecule has 0 aromatic carbocycles. The number of thiazole rings is 1. The molecule has 0 N–H and O–H groups in total. The summed E-state index contributed by atoms with van der Waals surface area (Å²) in [6.07, 6.45) is 5.61. The van der Waals surface area contributed by atoms with Crippen LogP contribution in [0, 0.1) is 0 Å². The fourth-order valence-corrected chi connectivity index (χ4v) is 3.50. The lowest BCUT2D eigenvalue weighted by atomic mass is 10.3. The van der Waals surface area contributed by atoms with Crippen LogP contribution in [0.2, 0.25) is 0 Å². The number of aryl methyl sites for hydroxylation is 1. The Balaban J connectivity index is 1.46. The van der Waals surface area contributed by atoms with Crippen LogP contribution in [0.25, 0.3) is 0 Å². The second kappa shape index (κ2) is 7.87. The molecule has 1 amide bonds. The minimum Gasteiger partial charge on any atom is -0.334 e. The van der Waals surface area contributed by atoms with Gasteiger partial charge in [0.1, 0.15) is 5.82 Å². The van der Waals surface area contributed by atoms with Crippen LogP contribution in [-0.2, 0) is 17.9 Å². The first kappa shape index (κ1) is 17.1. The Hall–Kier alpha value is -1.77. The monoisotopic (exact) mass is 348 g/mol. The highest BCUT2D eigenvalue weighted by atomic mass is 32.1. The van der Waals surface area contributed by atoms with Crippen LogP contribution in [0.5, 0.6) is 0 Å². The van der Waals surface area contributed by atoms with Crippen molar-refractivity contribution >= 4 is 22.4 Å². The van der Waals surface area contributed by atoms with Gasteiger partial charge in [0.15, 0.2) is 5.13 Å². The second-order valence-corrected chi connectivity index (χ2v) is 6.82. The molecule has 8 heteroatoms. The quantitative estimate of drug-likeness (QED) is 0.784. The van der Waals surface area contributed by atoms with E-state index in [0.29, 0.717) is 6.54 Å². The van der Waals surface area contributed by atoms with Crippen molar-refractivity contribution in [1.29, 1.82) is 0 Å². The molecule has 0 atom stereocenters. The van der Waals surface area contributed by atoms with E-state index in [1.165, 1.54) is 11.3 Å². The van der Waals surface area contributed by atoms with Crippen LogP contribution < -0.4 is 4.90 Å². The van der Waals surface area contributed by atoms with E-state index in [0.717, 1.165) is 50.2 Å². The Morgan fingerprint density at radius 3 is 2.62 bits per heavy atom. The Labute approximate surface area is 146 Å². The van der Waals surface area contributed by atoms with Crippen LogP contribution >= 0.6 is 11.3 Å². The lowest BCUT2D eigenvalue weighted by Crippen LogP contribution is -2.49. The lowest BCUT2D eigenvalue weighted by molar-refractivity contribution is -0.119. The van der Waals surface area contributed by atoms with E-state index in [4.69, 9.17) is 0 Å². The Morgan fingerprint density at radius 2 is 1.96 bits per heavy atom. The van der Waals surface area contributed by atoms with Gasteiger partial charge in [-0.3, -0.25) is 19.5 Å². The molecule has 1 aliphatic rings. The summed E-state index contributed by atoms with van der Waals surface area (Å²) in [5.74, 6) is 1.21. The zero-order chi connectivity index (χ0) is 16.9. The molecule has 0 radical (unpaired) electrons. The molecule has 0 bridgehead atoms. The Bertz CT molecular complexity index is 647. The number of carbonyl (C=O) groups excluding carboxylic acids is 1. The van der Waals surface area contributed by atoms with Crippen molar-refractivity contribution in [3.05, 3.63) is 29.8 Å². The van der Waals surface area contributed by atoms with E-state index in [1.807, 2.05) is 17.8 Å². The molecule has 3 rings (SSSR count). The minimum atomic E-state index is 0.0972. The number of nitrogens with zero attached hydrogens (tertiary/aromatic N) is 6. The van der Waals surface area contributed by atoms with Crippen molar-refractivity contribution in [2.24, 2.45) is 0 Å². The number of piperazine rings is 1. The van der Waals surface area contributed by atoms with Crippen molar-refractivity contribution in [1.82, 2.24) is 24.3 Å². The summed E-state index contributed by atoms with van der Waals surface area (Å²) in [5.41, 5.74) is 0. The van der Waals surface area contributed by atoms with Gasteiger partial charge in [-0.25, -0.2) is 9.97 Å².